The normalized spacial score (nSPS) is 19.3. The second-order valence-corrected chi connectivity index (χ2v) is 5.54. The zero-order chi connectivity index (χ0) is 13.7. The van der Waals surface area contributed by atoms with E-state index in [4.69, 9.17) is 9.47 Å². The number of rotatable bonds is 4. The van der Waals surface area contributed by atoms with Crippen LogP contribution in [-0.4, -0.2) is 49.5 Å². The summed E-state index contributed by atoms with van der Waals surface area (Å²) in [6, 6.07) is 7.76. The number of carbonyl (C=O) groups excluding carboxylic acids is 1. The van der Waals surface area contributed by atoms with Gasteiger partial charge in [-0.1, -0.05) is 6.07 Å². The van der Waals surface area contributed by atoms with Crippen molar-refractivity contribution in [1.29, 1.82) is 0 Å². The highest BCUT2D eigenvalue weighted by Gasteiger charge is 2.21. The lowest BCUT2D eigenvalue weighted by molar-refractivity contribution is -0.135. The van der Waals surface area contributed by atoms with Gasteiger partial charge in [-0.05, 0) is 25.1 Å². The minimum atomic E-state index is 0.138. The molecule has 0 radical (unpaired) electrons. The Morgan fingerprint density at radius 1 is 1.58 bits per heavy atom. The molecule has 104 valence electrons. The van der Waals surface area contributed by atoms with E-state index in [1.54, 1.807) is 18.9 Å². The Hall–Kier alpha value is -1.20. The van der Waals surface area contributed by atoms with Gasteiger partial charge < -0.3 is 14.4 Å². The predicted octanol–water partition coefficient (Wildman–Crippen LogP) is 2.03. The first kappa shape index (κ1) is 14.2. The molecule has 19 heavy (non-hydrogen) atoms. The van der Waals surface area contributed by atoms with Crippen molar-refractivity contribution in [2.75, 3.05) is 32.6 Å². The Morgan fingerprint density at radius 2 is 2.42 bits per heavy atom. The van der Waals surface area contributed by atoms with Crippen molar-refractivity contribution < 1.29 is 14.3 Å². The quantitative estimate of drug-likeness (QED) is 0.792. The highest BCUT2D eigenvalue weighted by molar-refractivity contribution is 8.00. The number of carbonyl (C=O) groups is 1. The van der Waals surface area contributed by atoms with Crippen LogP contribution < -0.4 is 4.74 Å². The van der Waals surface area contributed by atoms with E-state index in [0.717, 1.165) is 10.6 Å². The highest BCUT2D eigenvalue weighted by atomic mass is 32.2. The smallest absolute Gasteiger partial charge is 0.233 e. The summed E-state index contributed by atoms with van der Waals surface area (Å²) in [4.78, 5) is 15.0. The van der Waals surface area contributed by atoms with Crippen LogP contribution in [0.2, 0.25) is 0 Å². The third-order valence-electron chi connectivity index (χ3n) is 3.00. The van der Waals surface area contributed by atoms with E-state index in [1.807, 2.05) is 36.1 Å². The fourth-order valence-corrected chi connectivity index (χ4v) is 2.82. The number of ether oxygens (including phenoxy) is 2. The third-order valence-corrected chi connectivity index (χ3v) is 3.98. The summed E-state index contributed by atoms with van der Waals surface area (Å²) in [6.07, 6.45) is 0.138. The maximum Gasteiger partial charge on any atom is 0.233 e. The molecule has 0 N–H and O–H groups in total. The van der Waals surface area contributed by atoms with Gasteiger partial charge in [-0.15, -0.1) is 11.8 Å². The topological polar surface area (TPSA) is 38.8 Å². The Balaban J connectivity index is 1.85. The van der Waals surface area contributed by atoms with Gasteiger partial charge in [-0.3, -0.25) is 4.79 Å². The average Bonchev–Trinajstić information content (AvgIpc) is 2.45. The van der Waals surface area contributed by atoms with Crippen LogP contribution in [0.3, 0.4) is 0 Å². The lowest BCUT2D eigenvalue weighted by Crippen LogP contribution is -2.45. The molecule has 1 aromatic rings. The minimum absolute atomic E-state index is 0.138. The molecule has 1 fully saturated rings. The summed E-state index contributed by atoms with van der Waals surface area (Å²) in [7, 11) is 1.64. The molecule has 1 atom stereocenters. The van der Waals surface area contributed by atoms with Gasteiger partial charge in [0, 0.05) is 18.0 Å². The summed E-state index contributed by atoms with van der Waals surface area (Å²) in [6.45, 7) is 4.02. The van der Waals surface area contributed by atoms with Crippen molar-refractivity contribution in [3.05, 3.63) is 24.3 Å². The van der Waals surface area contributed by atoms with Gasteiger partial charge in [-0.25, -0.2) is 0 Å². The third kappa shape index (κ3) is 4.14. The molecule has 0 bridgehead atoms. The molecule has 2 rings (SSSR count). The highest BCUT2D eigenvalue weighted by Crippen LogP contribution is 2.23. The molecule has 0 spiro atoms. The molecule has 0 aromatic heterocycles. The van der Waals surface area contributed by atoms with Gasteiger partial charge in [0.05, 0.1) is 25.6 Å². The Kier molecular flexibility index (Phi) is 5.10. The number of methoxy groups -OCH3 is 1. The van der Waals surface area contributed by atoms with E-state index < -0.39 is 0 Å². The molecule has 1 heterocycles. The standard InChI is InChI=1S/C14H19NO3S/c1-11-9-15(6-7-18-11)14(16)10-19-13-5-3-4-12(8-13)17-2/h3-5,8,11H,6-7,9-10H2,1-2H3/t11-/m1/s1. The number of hydrogen-bond acceptors (Lipinski definition) is 4. The first-order valence-corrected chi connectivity index (χ1v) is 7.34. The Bertz CT molecular complexity index is 438. The number of nitrogens with zero attached hydrogens (tertiary/aromatic N) is 1. The van der Waals surface area contributed by atoms with Gasteiger partial charge in [0.25, 0.3) is 0 Å². The van der Waals surface area contributed by atoms with Crippen LogP contribution in [0, 0.1) is 0 Å². The van der Waals surface area contributed by atoms with Crippen molar-refractivity contribution in [3.8, 4) is 5.75 Å². The van der Waals surface area contributed by atoms with Gasteiger partial charge in [-0.2, -0.15) is 0 Å². The molecule has 1 saturated heterocycles. The molecule has 1 aromatic carbocycles. The maximum absolute atomic E-state index is 12.1. The van der Waals surface area contributed by atoms with E-state index in [1.165, 1.54) is 0 Å². The maximum atomic E-state index is 12.1. The van der Waals surface area contributed by atoms with Crippen molar-refractivity contribution in [3.63, 3.8) is 0 Å². The number of thioether (sulfide) groups is 1. The molecule has 0 saturated carbocycles. The van der Waals surface area contributed by atoms with Gasteiger partial charge in [0.1, 0.15) is 5.75 Å². The lowest BCUT2D eigenvalue weighted by atomic mass is 10.3. The molecular weight excluding hydrogens is 262 g/mol. The second kappa shape index (κ2) is 6.82. The lowest BCUT2D eigenvalue weighted by Gasteiger charge is -2.31. The zero-order valence-corrected chi connectivity index (χ0v) is 12.1. The largest absolute Gasteiger partial charge is 0.497 e. The number of morpholine rings is 1. The van der Waals surface area contributed by atoms with E-state index in [-0.39, 0.29) is 12.0 Å². The van der Waals surface area contributed by atoms with Gasteiger partial charge in [0.15, 0.2) is 0 Å². The summed E-state index contributed by atoms with van der Waals surface area (Å²) in [5.41, 5.74) is 0. The van der Waals surface area contributed by atoms with Crippen molar-refractivity contribution in [2.24, 2.45) is 0 Å². The summed E-state index contributed by atoms with van der Waals surface area (Å²) >= 11 is 1.54. The molecular formula is C14H19NO3S. The van der Waals surface area contributed by atoms with Gasteiger partial charge >= 0.3 is 0 Å². The monoisotopic (exact) mass is 281 g/mol. The van der Waals surface area contributed by atoms with Crippen LogP contribution >= 0.6 is 11.8 Å². The SMILES string of the molecule is COc1cccc(SCC(=O)N2CCO[C@H](C)C2)c1. The molecule has 1 aliphatic rings. The minimum Gasteiger partial charge on any atom is -0.497 e. The number of amides is 1. The summed E-state index contributed by atoms with van der Waals surface area (Å²) in [5.74, 6) is 1.44. The van der Waals surface area contributed by atoms with Crippen LogP contribution in [0.5, 0.6) is 5.75 Å². The molecule has 5 heteroatoms. The first-order valence-electron chi connectivity index (χ1n) is 6.35. The number of benzene rings is 1. The summed E-state index contributed by atoms with van der Waals surface area (Å²) < 4.78 is 10.6. The Labute approximate surface area is 118 Å². The van der Waals surface area contributed by atoms with Crippen LogP contribution in [-0.2, 0) is 9.53 Å². The fourth-order valence-electron chi connectivity index (χ4n) is 1.97. The predicted molar refractivity (Wildman–Crippen MR) is 75.7 cm³/mol. The Morgan fingerprint density at radius 3 is 3.16 bits per heavy atom. The van der Waals surface area contributed by atoms with Crippen LogP contribution in [0.15, 0.2) is 29.2 Å². The molecule has 1 aliphatic heterocycles. The fraction of sp³-hybridized carbons (Fsp3) is 0.500. The van der Waals surface area contributed by atoms with Crippen molar-refractivity contribution >= 4 is 17.7 Å². The van der Waals surface area contributed by atoms with E-state index in [2.05, 4.69) is 0 Å². The van der Waals surface area contributed by atoms with Crippen LogP contribution in [0.4, 0.5) is 0 Å². The molecule has 0 unspecified atom stereocenters. The molecule has 4 nitrogen and oxygen atoms in total. The zero-order valence-electron chi connectivity index (χ0n) is 11.3. The number of hydrogen-bond donors (Lipinski definition) is 0. The molecule has 1 amide bonds. The van der Waals surface area contributed by atoms with E-state index in [0.29, 0.717) is 25.4 Å². The second-order valence-electron chi connectivity index (χ2n) is 4.49. The van der Waals surface area contributed by atoms with Crippen molar-refractivity contribution in [2.45, 2.75) is 17.9 Å². The van der Waals surface area contributed by atoms with Crippen LogP contribution in [0.1, 0.15) is 6.92 Å². The average molecular weight is 281 g/mol. The van der Waals surface area contributed by atoms with Crippen molar-refractivity contribution in [1.82, 2.24) is 4.90 Å². The van der Waals surface area contributed by atoms with E-state index >= 15 is 0 Å². The summed E-state index contributed by atoms with van der Waals surface area (Å²) in [5, 5.41) is 0. The van der Waals surface area contributed by atoms with E-state index in [9.17, 15) is 4.79 Å². The van der Waals surface area contributed by atoms with Crippen LogP contribution in [0.25, 0.3) is 0 Å². The molecule has 0 aliphatic carbocycles. The van der Waals surface area contributed by atoms with Gasteiger partial charge in [0.2, 0.25) is 5.91 Å². The first-order chi connectivity index (χ1) is 9.19.